The molecule has 0 N–H and O–H groups in total. The standard InChI is InChI=1S/C26H32N2O2S/c1-4-15-31-24-27-22-19-9-5-6-10-21(19)26(12-7-8-13-26)17-20(22)23(29)28(24)18-11-14-30-25(2,3)16-18/h4-6,9-10,18H,1,7-8,11-17H2,2-3H3. The van der Waals surface area contributed by atoms with E-state index < -0.39 is 0 Å². The van der Waals surface area contributed by atoms with Crippen molar-refractivity contribution in [3.05, 3.63) is 58.4 Å². The minimum atomic E-state index is -0.224. The molecule has 1 aromatic heterocycles. The van der Waals surface area contributed by atoms with Gasteiger partial charge in [0.2, 0.25) is 0 Å². The van der Waals surface area contributed by atoms with Crippen LogP contribution in [0.15, 0.2) is 46.9 Å². The van der Waals surface area contributed by atoms with E-state index in [4.69, 9.17) is 9.72 Å². The molecule has 0 radical (unpaired) electrons. The molecule has 1 aliphatic heterocycles. The molecule has 4 nitrogen and oxygen atoms in total. The summed E-state index contributed by atoms with van der Waals surface area (Å²) in [6.07, 6.45) is 9.21. The summed E-state index contributed by atoms with van der Waals surface area (Å²) < 4.78 is 7.96. The highest BCUT2D eigenvalue weighted by Gasteiger charge is 2.43. The Bertz CT molecular complexity index is 1070. The summed E-state index contributed by atoms with van der Waals surface area (Å²) in [4.78, 5) is 19.3. The molecule has 2 fully saturated rings. The van der Waals surface area contributed by atoms with Gasteiger partial charge in [0.25, 0.3) is 5.56 Å². The van der Waals surface area contributed by atoms with Crippen LogP contribution in [0.5, 0.6) is 0 Å². The van der Waals surface area contributed by atoms with Gasteiger partial charge >= 0.3 is 0 Å². The van der Waals surface area contributed by atoms with Crippen LogP contribution in [-0.4, -0.2) is 27.5 Å². The molecule has 2 aromatic rings. The van der Waals surface area contributed by atoms with Crippen LogP contribution in [0.4, 0.5) is 0 Å². The second-order valence-electron chi connectivity index (χ2n) is 9.96. The SMILES string of the molecule is C=CCSc1nc2c(c(=O)n1C1CCOC(C)(C)C1)CC1(CCCC1)c1ccccc1-2. The molecule has 5 rings (SSSR count). The molecule has 1 saturated carbocycles. The maximum Gasteiger partial charge on any atom is 0.258 e. The first kappa shape index (κ1) is 21.0. The number of hydrogen-bond donors (Lipinski definition) is 0. The predicted octanol–water partition coefficient (Wildman–Crippen LogP) is 5.69. The normalized spacial score (nSPS) is 23.4. The Balaban J connectivity index is 1.70. The van der Waals surface area contributed by atoms with Crippen LogP contribution in [0.3, 0.4) is 0 Å². The lowest BCUT2D eigenvalue weighted by Crippen LogP contribution is -2.42. The number of nitrogens with zero attached hydrogens (tertiary/aromatic N) is 2. The van der Waals surface area contributed by atoms with Crippen LogP contribution >= 0.6 is 11.8 Å². The zero-order valence-electron chi connectivity index (χ0n) is 18.7. The molecule has 1 aromatic carbocycles. The molecule has 1 atom stereocenters. The van der Waals surface area contributed by atoms with Gasteiger partial charge in [-0.25, -0.2) is 4.98 Å². The third-order valence-corrected chi connectivity index (χ3v) is 8.32. The van der Waals surface area contributed by atoms with Crippen LogP contribution in [0.25, 0.3) is 11.3 Å². The smallest absolute Gasteiger partial charge is 0.258 e. The summed E-state index contributed by atoms with van der Waals surface area (Å²) in [5.41, 5.74) is 4.45. The fraction of sp³-hybridized carbons (Fsp3) is 0.538. The first-order chi connectivity index (χ1) is 14.9. The van der Waals surface area contributed by atoms with E-state index in [1.54, 1.807) is 11.8 Å². The van der Waals surface area contributed by atoms with Crippen molar-refractivity contribution in [1.82, 2.24) is 9.55 Å². The van der Waals surface area contributed by atoms with Crippen LogP contribution in [0.2, 0.25) is 0 Å². The van der Waals surface area contributed by atoms with Gasteiger partial charge in [-0.15, -0.1) is 6.58 Å². The van der Waals surface area contributed by atoms with Gasteiger partial charge in [0.05, 0.1) is 11.3 Å². The molecule has 1 unspecified atom stereocenters. The highest BCUT2D eigenvalue weighted by atomic mass is 32.2. The molecule has 31 heavy (non-hydrogen) atoms. The zero-order valence-corrected chi connectivity index (χ0v) is 19.5. The summed E-state index contributed by atoms with van der Waals surface area (Å²) >= 11 is 1.62. The predicted molar refractivity (Wildman–Crippen MR) is 127 cm³/mol. The summed E-state index contributed by atoms with van der Waals surface area (Å²) in [7, 11) is 0. The van der Waals surface area contributed by atoms with Gasteiger partial charge in [0.15, 0.2) is 5.16 Å². The Morgan fingerprint density at radius 3 is 2.81 bits per heavy atom. The lowest BCUT2D eigenvalue weighted by molar-refractivity contribution is -0.0710. The molecule has 2 heterocycles. The van der Waals surface area contributed by atoms with Crippen molar-refractivity contribution in [1.29, 1.82) is 0 Å². The van der Waals surface area contributed by atoms with Gasteiger partial charge in [-0.3, -0.25) is 9.36 Å². The van der Waals surface area contributed by atoms with Gasteiger partial charge in [0.1, 0.15) is 0 Å². The lowest BCUT2D eigenvalue weighted by atomic mass is 9.68. The van der Waals surface area contributed by atoms with Crippen LogP contribution in [0, 0.1) is 0 Å². The number of rotatable bonds is 4. The summed E-state index contributed by atoms with van der Waals surface area (Å²) in [6, 6.07) is 8.79. The van der Waals surface area contributed by atoms with Crippen molar-refractivity contribution in [3.63, 3.8) is 0 Å². The monoisotopic (exact) mass is 436 g/mol. The highest BCUT2D eigenvalue weighted by Crippen LogP contribution is 2.50. The molecular formula is C26H32N2O2S. The third kappa shape index (κ3) is 3.60. The molecule has 0 amide bonds. The molecule has 2 aliphatic carbocycles. The molecular weight excluding hydrogens is 404 g/mol. The Morgan fingerprint density at radius 1 is 1.29 bits per heavy atom. The highest BCUT2D eigenvalue weighted by molar-refractivity contribution is 7.99. The molecule has 1 spiro atoms. The first-order valence-electron chi connectivity index (χ1n) is 11.6. The summed E-state index contributed by atoms with van der Waals surface area (Å²) in [6.45, 7) is 8.80. The van der Waals surface area contributed by atoms with E-state index in [0.29, 0.717) is 6.61 Å². The van der Waals surface area contributed by atoms with Gasteiger partial charge in [-0.2, -0.15) is 0 Å². The topological polar surface area (TPSA) is 44.1 Å². The van der Waals surface area contributed by atoms with Gasteiger partial charge in [-0.1, -0.05) is 54.9 Å². The molecule has 3 aliphatic rings. The summed E-state index contributed by atoms with van der Waals surface area (Å²) in [5.74, 6) is 0.740. The van der Waals surface area contributed by atoms with Crippen molar-refractivity contribution in [2.24, 2.45) is 0 Å². The van der Waals surface area contributed by atoms with E-state index in [9.17, 15) is 4.79 Å². The van der Waals surface area contributed by atoms with Gasteiger partial charge < -0.3 is 4.74 Å². The van der Waals surface area contributed by atoms with E-state index in [-0.39, 0.29) is 22.6 Å². The van der Waals surface area contributed by atoms with E-state index in [1.165, 1.54) is 36.8 Å². The largest absolute Gasteiger partial charge is 0.375 e. The minimum absolute atomic E-state index is 0.104. The Labute approximate surface area is 189 Å². The van der Waals surface area contributed by atoms with Crippen molar-refractivity contribution in [2.75, 3.05) is 12.4 Å². The fourth-order valence-corrected chi connectivity index (χ4v) is 6.79. The van der Waals surface area contributed by atoms with Crippen LogP contribution in [-0.2, 0) is 16.6 Å². The number of hydrogen-bond acceptors (Lipinski definition) is 4. The zero-order chi connectivity index (χ0) is 21.6. The van der Waals surface area contributed by atoms with Crippen molar-refractivity contribution < 1.29 is 4.74 Å². The molecule has 1 saturated heterocycles. The van der Waals surface area contributed by atoms with Crippen LogP contribution < -0.4 is 5.56 Å². The maximum absolute atomic E-state index is 14.1. The quantitative estimate of drug-likeness (QED) is 0.351. The second kappa shape index (κ2) is 7.93. The number of benzene rings is 1. The lowest BCUT2D eigenvalue weighted by Gasteiger charge is -2.39. The van der Waals surface area contributed by atoms with Gasteiger partial charge in [-0.05, 0) is 51.5 Å². The number of ether oxygens (including phenoxy) is 1. The van der Waals surface area contributed by atoms with Crippen molar-refractivity contribution in [2.45, 2.75) is 81.0 Å². The Kier molecular flexibility index (Phi) is 5.38. The van der Waals surface area contributed by atoms with E-state index in [0.717, 1.165) is 41.4 Å². The number of thioether (sulfide) groups is 1. The average Bonchev–Trinajstić information content (AvgIpc) is 3.22. The average molecular weight is 437 g/mol. The number of aromatic nitrogens is 2. The Hall–Kier alpha value is -1.85. The number of fused-ring (bicyclic) bond motifs is 4. The molecule has 164 valence electrons. The van der Waals surface area contributed by atoms with Crippen molar-refractivity contribution >= 4 is 11.8 Å². The fourth-order valence-electron chi connectivity index (χ4n) is 5.99. The van der Waals surface area contributed by atoms with Crippen LogP contribution in [0.1, 0.15) is 69.5 Å². The first-order valence-corrected chi connectivity index (χ1v) is 12.6. The second-order valence-corrected chi connectivity index (χ2v) is 10.9. The minimum Gasteiger partial charge on any atom is -0.375 e. The third-order valence-electron chi connectivity index (χ3n) is 7.37. The molecule has 5 heteroatoms. The van der Waals surface area contributed by atoms with E-state index >= 15 is 0 Å². The maximum atomic E-state index is 14.1. The van der Waals surface area contributed by atoms with E-state index in [1.807, 2.05) is 10.6 Å². The molecule has 0 bridgehead atoms. The summed E-state index contributed by atoms with van der Waals surface area (Å²) in [5, 5.41) is 0.823. The van der Waals surface area contributed by atoms with Gasteiger partial charge in [0, 0.05) is 34.9 Å². The Morgan fingerprint density at radius 2 is 2.06 bits per heavy atom. The van der Waals surface area contributed by atoms with E-state index in [2.05, 4.69) is 44.7 Å². The van der Waals surface area contributed by atoms with Crippen molar-refractivity contribution in [3.8, 4) is 11.3 Å².